The number of carbonyl (C=O) groups is 4. The molecule has 0 bridgehead atoms. The van der Waals surface area contributed by atoms with Gasteiger partial charge in [0.25, 0.3) is 0 Å². The van der Waals surface area contributed by atoms with E-state index in [1.165, 1.54) is 17.7 Å². The number of amides is 1. The van der Waals surface area contributed by atoms with Crippen LogP contribution in [0.25, 0.3) is 0 Å². The van der Waals surface area contributed by atoms with Gasteiger partial charge >= 0.3 is 11.9 Å². The Morgan fingerprint density at radius 2 is 1.51 bits per heavy atom. The summed E-state index contributed by atoms with van der Waals surface area (Å²) in [6.45, 7) is 16.6. The topological polar surface area (TPSA) is 327 Å². The molecule has 0 radical (unpaired) electrons. The van der Waals surface area contributed by atoms with Gasteiger partial charge in [0.1, 0.15) is 72.7 Å². The van der Waals surface area contributed by atoms with Crippen molar-refractivity contribution in [2.45, 2.75) is 237 Å². The minimum absolute atomic E-state index is 0.0612. The number of rotatable bonds is 14. The number of hydrogen-bond acceptors (Lipinski definition) is 20. The summed E-state index contributed by atoms with van der Waals surface area (Å²) in [7, 11) is 0. The summed E-state index contributed by atoms with van der Waals surface area (Å²) in [5.74, 6) is -1.88. The van der Waals surface area contributed by atoms with E-state index in [1.807, 2.05) is 6.20 Å². The maximum Gasteiger partial charge on any atom is 0.338 e. The van der Waals surface area contributed by atoms with Crippen molar-refractivity contribution in [3.63, 3.8) is 0 Å². The second-order valence-corrected chi connectivity index (χ2v) is 25.3. The Balaban J connectivity index is 0.920. The Bertz CT molecular complexity index is 2220. The van der Waals surface area contributed by atoms with Crippen LogP contribution in [0.2, 0.25) is 0 Å². The number of nitrogens with zero attached hydrogens (tertiary/aromatic N) is 1. The molecule has 22 heteroatoms. The molecule has 1 aromatic heterocycles. The molecule has 7 aliphatic rings. The third-order valence-corrected chi connectivity index (χ3v) is 18.3. The van der Waals surface area contributed by atoms with E-state index in [1.54, 1.807) is 41.5 Å². The number of aromatic amines is 1. The average Bonchev–Trinajstić information content (AvgIpc) is 3.88. The van der Waals surface area contributed by atoms with E-state index in [4.69, 9.17) is 37.9 Å². The van der Waals surface area contributed by atoms with E-state index in [9.17, 15) is 54.9 Å². The molecule has 0 spiro atoms. The number of ether oxygens (including phenoxy) is 8. The molecule has 8 rings (SSSR count). The van der Waals surface area contributed by atoms with Gasteiger partial charge in [0.15, 0.2) is 18.7 Å². The fourth-order valence-electron chi connectivity index (χ4n) is 14.3. The molecular formula is C53H82N3O19-. The van der Waals surface area contributed by atoms with Crippen molar-refractivity contribution in [3.8, 4) is 0 Å². The summed E-state index contributed by atoms with van der Waals surface area (Å²) in [4.78, 5) is 52.9. The number of aliphatic hydroxyl groups excluding tert-OH is 6. The zero-order valence-electron chi connectivity index (χ0n) is 45.0. The highest BCUT2D eigenvalue weighted by Crippen LogP contribution is 2.68. The van der Waals surface area contributed by atoms with Crippen LogP contribution >= 0.6 is 0 Å². The lowest BCUT2D eigenvalue weighted by molar-refractivity contribution is -0.367. The largest absolute Gasteiger partial charge is 0.547 e. The van der Waals surface area contributed by atoms with Crippen LogP contribution in [-0.4, -0.2) is 181 Å². The van der Waals surface area contributed by atoms with Crippen molar-refractivity contribution >= 4 is 23.8 Å². The molecule has 3 aliphatic heterocycles. The van der Waals surface area contributed by atoms with E-state index < -0.39 is 139 Å². The van der Waals surface area contributed by atoms with Crippen molar-refractivity contribution in [2.24, 2.45) is 39.9 Å². The van der Waals surface area contributed by atoms with Crippen LogP contribution < -0.4 is 10.4 Å². The number of carbonyl (C=O) groups excluding carboxylic acids is 4. The van der Waals surface area contributed by atoms with Gasteiger partial charge in [-0.1, -0.05) is 34.6 Å². The van der Waals surface area contributed by atoms with Gasteiger partial charge in [-0.3, -0.25) is 14.7 Å². The molecular weight excluding hydrogens is 983 g/mol. The number of carboxylic acid groups (broad SMARTS) is 1. The molecule has 1 amide bonds. The van der Waals surface area contributed by atoms with E-state index in [0.717, 1.165) is 51.9 Å². The smallest absolute Gasteiger partial charge is 0.338 e. The highest BCUT2D eigenvalue weighted by molar-refractivity contribution is 5.76. The normalized spacial score (nSPS) is 43.8. The number of nitrogens with one attached hydrogen (secondary N) is 2. The van der Waals surface area contributed by atoms with Gasteiger partial charge in [-0.05, 0) is 126 Å². The first kappa shape index (κ1) is 57.8. The Hall–Kier alpha value is -3.39. The van der Waals surface area contributed by atoms with E-state index in [0.29, 0.717) is 23.7 Å². The van der Waals surface area contributed by atoms with Crippen LogP contribution in [0.15, 0.2) is 6.20 Å². The van der Waals surface area contributed by atoms with E-state index in [2.05, 4.69) is 36.3 Å². The van der Waals surface area contributed by atoms with Gasteiger partial charge in [0.2, 0.25) is 5.91 Å². The summed E-state index contributed by atoms with van der Waals surface area (Å²) < 4.78 is 47.7. The fraction of sp³-hybridized carbons (Fsp3) is 0.868. The number of hydrogen-bond donors (Lipinski definition) is 8. The third-order valence-electron chi connectivity index (χ3n) is 18.3. The molecule has 22 nitrogen and oxygen atoms in total. The molecule has 19 unspecified atom stereocenters. The molecule has 3 saturated heterocycles. The molecule has 3 saturated carbocycles. The lowest BCUT2D eigenvalue weighted by atomic mass is 9.44. The Kier molecular flexibility index (Phi) is 16.7. The zero-order valence-corrected chi connectivity index (χ0v) is 45.0. The Morgan fingerprint density at radius 3 is 2.16 bits per heavy atom. The third kappa shape index (κ3) is 11.2. The van der Waals surface area contributed by atoms with Gasteiger partial charge in [0.05, 0.1) is 37.1 Å². The van der Waals surface area contributed by atoms with E-state index in [-0.39, 0.29) is 30.3 Å². The van der Waals surface area contributed by atoms with Gasteiger partial charge in [-0.15, -0.1) is 0 Å². The number of esters is 2. The average molecular weight is 1070 g/mol. The maximum absolute atomic E-state index is 14.0. The molecule has 4 aliphatic carbocycles. The van der Waals surface area contributed by atoms with Crippen LogP contribution in [0.1, 0.15) is 132 Å². The molecule has 4 heterocycles. The molecule has 8 N–H and O–H groups in total. The molecule has 424 valence electrons. The summed E-state index contributed by atoms with van der Waals surface area (Å²) in [6.07, 6.45) is -14.9. The maximum atomic E-state index is 14.0. The first-order chi connectivity index (χ1) is 35.0. The number of aliphatic carboxylic acids is 1. The Morgan fingerprint density at radius 1 is 0.827 bits per heavy atom. The Labute approximate surface area is 438 Å². The number of fused-ring (bicyclic) bond motifs is 6. The fourth-order valence-corrected chi connectivity index (χ4v) is 14.3. The van der Waals surface area contributed by atoms with Crippen LogP contribution in [0, 0.1) is 39.9 Å². The highest BCUT2D eigenvalue weighted by atomic mass is 16.7. The van der Waals surface area contributed by atoms with Crippen LogP contribution in [0.4, 0.5) is 0 Å². The summed E-state index contributed by atoms with van der Waals surface area (Å²) in [5, 5.41) is 89.8. The minimum Gasteiger partial charge on any atom is -0.547 e. The van der Waals surface area contributed by atoms with Gasteiger partial charge in [-0.2, -0.15) is 5.10 Å². The monoisotopic (exact) mass is 1060 g/mol. The molecule has 0 aromatic carbocycles. The standard InChI is InChI=1S/C53H83N3O19/c1-24(58)55-33-39(34(60)31(23-57)69-47(33)72-40-35(61)37(63)44(49(2,3)4)70-42(40)45(65)66)71-48-38(64)36(62)41(75-50(5,6)7)43(73-48)46(67)68-19-11-12-32(59)74-53(10)18-16-29-27-14-13-26-20-30-25(22-54-56-30)21-51(26,8)28(27)15-17-52(29,53)9/h22,26-29,31,33-44,47-48,57,60-64H,11-21,23H2,1-10H3,(H,54,56)(H,55,58)(H,65,66)/p-1/t26?,27?,28?,29?,31?,33?,34?,35?,36?,37?,38?,39?,40?,41?,42?,43?,44?,47?,48?,51-,52-,53-/m0/s1. The quantitative estimate of drug-likeness (QED) is 0.0915. The molecule has 22 atom stereocenters. The first-order valence-corrected chi connectivity index (χ1v) is 26.9. The summed E-state index contributed by atoms with van der Waals surface area (Å²) in [5.41, 5.74) is 0.0428. The molecule has 75 heavy (non-hydrogen) atoms. The second kappa shape index (κ2) is 21.7. The van der Waals surface area contributed by atoms with Gasteiger partial charge < -0.3 is 83.8 Å². The van der Waals surface area contributed by atoms with Gasteiger partial charge in [-0.25, -0.2) is 4.79 Å². The number of aromatic nitrogens is 2. The second-order valence-electron chi connectivity index (χ2n) is 25.3. The molecule has 1 aromatic rings. The lowest BCUT2D eigenvalue weighted by Gasteiger charge is -2.61. The summed E-state index contributed by atoms with van der Waals surface area (Å²) in [6, 6.07) is -1.66. The van der Waals surface area contributed by atoms with E-state index >= 15 is 0 Å². The number of carboxylic acids is 1. The van der Waals surface area contributed by atoms with Crippen LogP contribution in [0.5, 0.6) is 0 Å². The first-order valence-electron chi connectivity index (χ1n) is 26.9. The number of aliphatic hydroxyl groups is 6. The minimum atomic E-state index is -2.00. The predicted molar refractivity (Wildman–Crippen MR) is 258 cm³/mol. The molecule has 6 fully saturated rings. The highest BCUT2D eigenvalue weighted by Gasteiger charge is 2.65. The van der Waals surface area contributed by atoms with Crippen LogP contribution in [0.3, 0.4) is 0 Å². The van der Waals surface area contributed by atoms with Crippen molar-refractivity contribution in [1.82, 2.24) is 15.5 Å². The van der Waals surface area contributed by atoms with Gasteiger partial charge in [0, 0.05) is 24.5 Å². The van der Waals surface area contributed by atoms with Crippen molar-refractivity contribution in [2.75, 3.05) is 13.2 Å². The lowest BCUT2D eigenvalue weighted by Crippen LogP contribution is -2.71. The zero-order chi connectivity index (χ0) is 54.9. The van der Waals surface area contributed by atoms with Crippen molar-refractivity contribution in [1.29, 1.82) is 0 Å². The van der Waals surface area contributed by atoms with Crippen LogP contribution in [-0.2, 0) is 69.9 Å². The van der Waals surface area contributed by atoms with Crippen molar-refractivity contribution < 1.29 is 92.8 Å². The predicted octanol–water partition coefficient (Wildman–Crippen LogP) is 0.261. The number of H-pyrrole nitrogens is 1. The van der Waals surface area contributed by atoms with Crippen molar-refractivity contribution in [3.05, 3.63) is 17.5 Å². The summed E-state index contributed by atoms with van der Waals surface area (Å²) >= 11 is 0. The SMILES string of the molecule is CC(=O)NC1C(OC2C(C(=O)[O-])OC(C(C)(C)C)C(O)C2O)OC(CO)C(O)C1OC1OC(C(=O)OCCCC(=O)O[C@@]2(C)CCC3C4CCC5Cc6[nH]ncc6C[C@]5(C)C4CC[C@@]32C)C(OC(C)(C)C)C(O)C1O.